The Morgan fingerprint density at radius 1 is 1.16 bits per heavy atom. The predicted octanol–water partition coefficient (Wildman–Crippen LogP) is 4.26. The molecule has 1 atom stereocenters. The zero-order valence-corrected chi connectivity index (χ0v) is 18.9. The highest BCUT2D eigenvalue weighted by Crippen LogP contribution is 2.40. The molecule has 0 spiro atoms. The number of anilines is 1. The number of amides is 1. The first-order valence-corrected chi connectivity index (χ1v) is 11.2. The largest absolute Gasteiger partial charge is 0.482 e. The number of rotatable bonds is 8. The molecule has 0 bridgehead atoms. The lowest BCUT2D eigenvalue weighted by molar-refractivity contribution is -0.149. The number of thiophene rings is 1. The summed E-state index contributed by atoms with van der Waals surface area (Å²) in [5.74, 6) is -0.681. The summed E-state index contributed by atoms with van der Waals surface area (Å²) < 4.78 is 15.5. The Morgan fingerprint density at radius 3 is 2.61 bits per heavy atom. The highest BCUT2D eigenvalue weighted by Gasteiger charge is 2.29. The van der Waals surface area contributed by atoms with Crippen molar-refractivity contribution in [1.29, 1.82) is 0 Å². The molecule has 9 heteroatoms. The molecule has 0 radical (unpaired) electrons. The summed E-state index contributed by atoms with van der Waals surface area (Å²) in [5.41, 5.74) is 1.37. The zero-order valence-electron chi connectivity index (χ0n) is 17.4. The van der Waals surface area contributed by atoms with Crippen molar-refractivity contribution < 1.29 is 28.6 Å². The van der Waals surface area contributed by atoms with Crippen LogP contribution in [0.1, 0.15) is 41.1 Å². The van der Waals surface area contributed by atoms with Gasteiger partial charge in [0.1, 0.15) is 10.8 Å². The van der Waals surface area contributed by atoms with E-state index in [-0.39, 0.29) is 13.2 Å². The Morgan fingerprint density at radius 2 is 1.90 bits per heavy atom. The number of ether oxygens (including phenoxy) is 3. The summed E-state index contributed by atoms with van der Waals surface area (Å²) in [6.07, 6.45) is 2.61. The van der Waals surface area contributed by atoms with Gasteiger partial charge in [0, 0.05) is 9.90 Å². The second-order valence-corrected chi connectivity index (χ2v) is 8.77. The van der Waals surface area contributed by atoms with E-state index in [2.05, 4.69) is 12.2 Å². The van der Waals surface area contributed by atoms with E-state index >= 15 is 0 Å². The molecule has 1 aliphatic carbocycles. The van der Waals surface area contributed by atoms with E-state index in [0.717, 1.165) is 29.7 Å². The number of nitrogens with one attached hydrogen (secondary N) is 1. The topological polar surface area (TPSA) is 90.9 Å². The van der Waals surface area contributed by atoms with Gasteiger partial charge in [0.05, 0.1) is 12.2 Å². The molecule has 0 aliphatic heterocycles. The van der Waals surface area contributed by atoms with Crippen LogP contribution in [-0.2, 0) is 31.9 Å². The van der Waals surface area contributed by atoms with E-state index in [1.54, 1.807) is 31.2 Å². The molecule has 3 rings (SSSR count). The van der Waals surface area contributed by atoms with Gasteiger partial charge in [-0.25, -0.2) is 9.59 Å². The number of hydrogen-bond donors (Lipinski definition) is 1. The quantitative estimate of drug-likeness (QED) is 0.585. The molecule has 1 aromatic heterocycles. The predicted molar refractivity (Wildman–Crippen MR) is 118 cm³/mol. The second kappa shape index (κ2) is 10.6. The normalized spacial score (nSPS) is 15.0. The van der Waals surface area contributed by atoms with Crippen molar-refractivity contribution in [2.24, 2.45) is 5.92 Å². The summed E-state index contributed by atoms with van der Waals surface area (Å²) in [7, 11) is 0. The van der Waals surface area contributed by atoms with Gasteiger partial charge in [-0.05, 0) is 61.9 Å². The lowest BCUT2D eigenvalue weighted by atomic mass is 9.88. The van der Waals surface area contributed by atoms with Gasteiger partial charge in [-0.3, -0.25) is 4.79 Å². The average Bonchev–Trinajstić information content (AvgIpc) is 3.08. The summed E-state index contributed by atoms with van der Waals surface area (Å²) in [6.45, 7) is 3.33. The molecular weight excluding hydrogens is 442 g/mol. The van der Waals surface area contributed by atoms with Crippen molar-refractivity contribution in [3.8, 4) is 5.75 Å². The Labute approximate surface area is 189 Å². The summed E-state index contributed by atoms with van der Waals surface area (Å²) >= 11 is 7.18. The van der Waals surface area contributed by atoms with E-state index in [4.69, 9.17) is 25.8 Å². The van der Waals surface area contributed by atoms with Crippen LogP contribution in [0.3, 0.4) is 0 Å². The monoisotopic (exact) mass is 465 g/mol. The van der Waals surface area contributed by atoms with Crippen LogP contribution in [0.25, 0.3) is 0 Å². The van der Waals surface area contributed by atoms with E-state index in [0.29, 0.717) is 27.3 Å². The van der Waals surface area contributed by atoms with E-state index in [1.165, 1.54) is 11.3 Å². The third kappa shape index (κ3) is 6.21. The van der Waals surface area contributed by atoms with Gasteiger partial charge in [0.15, 0.2) is 13.2 Å². The fraction of sp³-hybridized carbons (Fsp3) is 0.409. The van der Waals surface area contributed by atoms with Crippen molar-refractivity contribution in [2.75, 3.05) is 25.1 Å². The van der Waals surface area contributed by atoms with E-state index in [1.807, 2.05) is 0 Å². The van der Waals surface area contributed by atoms with Gasteiger partial charge in [0.25, 0.3) is 5.91 Å². The first kappa shape index (κ1) is 23.1. The van der Waals surface area contributed by atoms with Crippen LogP contribution in [0, 0.1) is 5.92 Å². The number of fused-ring (bicyclic) bond motifs is 1. The number of esters is 2. The molecule has 1 heterocycles. The fourth-order valence-corrected chi connectivity index (χ4v) is 4.82. The summed E-state index contributed by atoms with van der Waals surface area (Å²) in [5, 5.41) is 3.70. The number of hydrogen-bond acceptors (Lipinski definition) is 7. The molecule has 0 fully saturated rings. The summed E-state index contributed by atoms with van der Waals surface area (Å²) in [6, 6.07) is 6.52. The van der Waals surface area contributed by atoms with Crippen LogP contribution < -0.4 is 10.1 Å². The van der Waals surface area contributed by atoms with Gasteiger partial charge in [-0.1, -0.05) is 18.5 Å². The number of halogens is 1. The molecule has 166 valence electrons. The van der Waals surface area contributed by atoms with Crippen LogP contribution in [-0.4, -0.2) is 37.7 Å². The first-order valence-electron chi connectivity index (χ1n) is 10.0. The smallest absolute Gasteiger partial charge is 0.344 e. The molecular formula is C22H24ClNO6S. The second-order valence-electron chi connectivity index (χ2n) is 7.23. The Balaban J connectivity index is 1.57. The minimum atomic E-state index is -0.685. The van der Waals surface area contributed by atoms with E-state index in [9.17, 15) is 14.4 Å². The molecule has 2 aromatic rings. The van der Waals surface area contributed by atoms with Crippen molar-refractivity contribution in [2.45, 2.75) is 33.1 Å². The molecule has 1 aliphatic rings. The van der Waals surface area contributed by atoms with Gasteiger partial charge >= 0.3 is 11.9 Å². The Hall–Kier alpha value is -2.58. The van der Waals surface area contributed by atoms with Crippen LogP contribution >= 0.6 is 22.9 Å². The highest BCUT2D eigenvalue weighted by molar-refractivity contribution is 7.17. The molecule has 7 nitrogen and oxygen atoms in total. The van der Waals surface area contributed by atoms with Gasteiger partial charge in [-0.2, -0.15) is 0 Å². The minimum Gasteiger partial charge on any atom is -0.482 e. The SMILES string of the molecule is CCOC(=O)c1c(NC(=O)COC(=O)COc2ccc(Cl)cc2)sc2c1CCC(C)C2. The van der Waals surface area contributed by atoms with Crippen molar-refractivity contribution in [3.63, 3.8) is 0 Å². The maximum Gasteiger partial charge on any atom is 0.344 e. The van der Waals surface area contributed by atoms with Gasteiger partial charge < -0.3 is 19.5 Å². The van der Waals surface area contributed by atoms with Crippen LogP contribution in [0.2, 0.25) is 5.02 Å². The molecule has 1 aromatic carbocycles. The molecule has 0 saturated heterocycles. The lowest BCUT2D eigenvalue weighted by Gasteiger charge is -2.18. The third-order valence-corrected chi connectivity index (χ3v) is 6.20. The maximum absolute atomic E-state index is 12.5. The van der Waals surface area contributed by atoms with Crippen LogP contribution in [0.4, 0.5) is 5.00 Å². The van der Waals surface area contributed by atoms with Gasteiger partial charge in [0.2, 0.25) is 0 Å². The number of carbonyl (C=O) groups is 3. The van der Waals surface area contributed by atoms with Crippen molar-refractivity contribution in [3.05, 3.63) is 45.3 Å². The highest BCUT2D eigenvalue weighted by atomic mass is 35.5. The third-order valence-electron chi connectivity index (χ3n) is 4.78. The Kier molecular flexibility index (Phi) is 7.92. The summed E-state index contributed by atoms with van der Waals surface area (Å²) in [4.78, 5) is 37.8. The lowest BCUT2D eigenvalue weighted by Crippen LogP contribution is -2.24. The molecule has 1 N–H and O–H groups in total. The minimum absolute atomic E-state index is 0.248. The average molecular weight is 466 g/mol. The zero-order chi connectivity index (χ0) is 22.4. The van der Waals surface area contributed by atoms with Crippen LogP contribution in [0.5, 0.6) is 5.75 Å². The fourth-order valence-electron chi connectivity index (χ4n) is 3.28. The van der Waals surface area contributed by atoms with E-state index < -0.39 is 24.5 Å². The molecule has 1 amide bonds. The van der Waals surface area contributed by atoms with Crippen molar-refractivity contribution >= 4 is 45.8 Å². The number of carbonyl (C=O) groups excluding carboxylic acids is 3. The maximum atomic E-state index is 12.5. The molecule has 31 heavy (non-hydrogen) atoms. The molecule has 1 unspecified atom stereocenters. The van der Waals surface area contributed by atoms with Crippen LogP contribution in [0.15, 0.2) is 24.3 Å². The van der Waals surface area contributed by atoms with Gasteiger partial charge in [-0.15, -0.1) is 11.3 Å². The van der Waals surface area contributed by atoms with Crippen molar-refractivity contribution in [1.82, 2.24) is 0 Å². The molecule has 0 saturated carbocycles. The first-order chi connectivity index (χ1) is 14.9. The number of benzene rings is 1. The standard InChI is InChI=1S/C22H24ClNO6S/c1-3-28-22(27)20-16-9-4-13(2)10-17(16)31-21(20)24-18(25)11-30-19(26)12-29-15-7-5-14(23)6-8-15/h5-8,13H,3-4,9-12H2,1-2H3,(H,24,25). The Bertz CT molecular complexity index is 956.